The summed E-state index contributed by atoms with van der Waals surface area (Å²) < 4.78 is 5.75. The second-order valence-corrected chi connectivity index (χ2v) is 9.60. The SMILES string of the molecule is CC/C=C\C=C(/C)c1nc[nH]c1-c1ccc2nccc(C(=O)OCC3CCC(C)(N)CC3)c2c1. The van der Waals surface area contributed by atoms with Crippen molar-refractivity contribution < 1.29 is 9.53 Å². The number of nitrogens with zero attached hydrogens (tertiary/aromatic N) is 2. The van der Waals surface area contributed by atoms with Crippen molar-refractivity contribution in [2.45, 2.75) is 58.4 Å². The first kappa shape index (κ1) is 23.9. The number of H-pyrrole nitrogens is 1. The van der Waals surface area contributed by atoms with E-state index in [4.69, 9.17) is 10.5 Å². The number of benzene rings is 1. The monoisotopic (exact) mass is 458 g/mol. The summed E-state index contributed by atoms with van der Waals surface area (Å²) in [7, 11) is 0. The second-order valence-electron chi connectivity index (χ2n) is 9.60. The number of allylic oxidation sites excluding steroid dienone is 4. The highest BCUT2D eigenvalue weighted by molar-refractivity contribution is 6.04. The van der Waals surface area contributed by atoms with Gasteiger partial charge in [-0.05, 0) is 75.6 Å². The number of aromatic nitrogens is 3. The molecule has 6 heteroatoms. The van der Waals surface area contributed by atoms with Crippen LogP contribution in [0.1, 0.15) is 68.9 Å². The summed E-state index contributed by atoms with van der Waals surface area (Å²) in [5.41, 5.74) is 11.2. The molecule has 1 saturated carbocycles. The van der Waals surface area contributed by atoms with E-state index in [1.54, 1.807) is 18.6 Å². The number of hydrogen-bond acceptors (Lipinski definition) is 5. The fourth-order valence-corrected chi connectivity index (χ4v) is 4.50. The first-order valence-corrected chi connectivity index (χ1v) is 12.1. The molecule has 0 amide bonds. The van der Waals surface area contributed by atoms with E-state index in [1.165, 1.54) is 0 Å². The molecule has 6 nitrogen and oxygen atoms in total. The maximum absolute atomic E-state index is 13.0. The normalized spacial score (nSPS) is 21.3. The van der Waals surface area contributed by atoms with Crippen LogP contribution in [0, 0.1) is 5.92 Å². The molecule has 0 aliphatic heterocycles. The van der Waals surface area contributed by atoms with Gasteiger partial charge in [0, 0.05) is 22.7 Å². The van der Waals surface area contributed by atoms with E-state index in [0.717, 1.165) is 65.5 Å². The Morgan fingerprint density at radius 2 is 2.06 bits per heavy atom. The average Bonchev–Trinajstić information content (AvgIpc) is 3.33. The van der Waals surface area contributed by atoms with Gasteiger partial charge in [0.05, 0.1) is 35.4 Å². The Labute approximate surface area is 201 Å². The quantitative estimate of drug-likeness (QED) is 0.332. The molecular formula is C28H34N4O2. The van der Waals surface area contributed by atoms with Crippen molar-refractivity contribution in [3.8, 4) is 11.3 Å². The number of esters is 1. The Hall–Kier alpha value is -3.25. The van der Waals surface area contributed by atoms with Gasteiger partial charge in [-0.3, -0.25) is 4.98 Å². The summed E-state index contributed by atoms with van der Waals surface area (Å²) in [6, 6.07) is 7.67. The lowest BCUT2D eigenvalue weighted by atomic mass is 9.79. The van der Waals surface area contributed by atoms with Crippen LogP contribution in [-0.2, 0) is 4.74 Å². The van der Waals surface area contributed by atoms with E-state index in [2.05, 4.69) is 41.0 Å². The van der Waals surface area contributed by atoms with Crippen LogP contribution < -0.4 is 5.73 Å². The highest BCUT2D eigenvalue weighted by Crippen LogP contribution is 2.31. The van der Waals surface area contributed by atoms with E-state index in [1.807, 2.05) is 31.2 Å². The highest BCUT2D eigenvalue weighted by Gasteiger charge is 2.28. The largest absolute Gasteiger partial charge is 0.462 e. The molecule has 2 aromatic heterocycles. The maximum atomic E-state index is 13.0. The van der Waals surface area contributed by atoms with E-state index < -0.39 is 0 Å². The van der Waals surface area contributed by atoms with Crippen molar-refractivity contribution in [2.75, 3.05) is 6.61 Å². The second kappa shape index (κ2) is 10.3. The van der Waals surface area contributed by atoms with Gasteiger partial charge in [0.2, 0.25) is 0 Å². The van der Waals surface area contributed by atoms with Crippen molar-refractivity contribution >= 4 is 22.4 Å². The van der Waals surface area contributed by atoms with Gasteiger partial charge in [0.1, 0.15) is 0 Å². The molecule has 2 heterocycles. The van der Waals surface area contributed by atoms with Crippen LogP contribution in [0.4, 0.5) is 0 Å². The molecule has 1 aliphatic rings. The van der Waals surface area contributed by atoms with E-state index >= 15 is 0 Å². The summed E-state index contributed by atoms with van der Waals surface area (Å²) in [6.45, 7) is 6.68. The van der Waals surface area contributed by atoms with Gasteiger partial charge < -0.3 is 15.5 Å². The molecule has 1 aliphatic carbocycles. The average molecular weight is 459 g/mol. The van der Waals surface area contributed by atoms with Crippen molar-refractivity contribution in [1.29, 1.82) is 0 Å². The molecule has 1 fully saturated rings. The number of nitrogens with one attached hydrogen (secondary N) is 1. The Kier molecular flexibility index (Phi) is 7.27. The van der Waals surface area contributed by atoms with Crippen LogP contribution in [0.3, 0.4) is 0 Å². The summed E-state index contributed by atoms with van der Waals surface area (Å²) in [6.07, 6.45) is 14.5. The van der Waals surface area contributed by atoms with Crippen LogP contribution >= 0.6 is 0 Å². The molecular weight excluding hydrogens is 424 g/mol. The minimum absolute atomic E-state index is 0.0937. The fourth-order valence-electron chi connectivity index (χ4n) is 4.50. The Balaban J connectivity index is 1.57. The number of rotatable bonds is 7. The predicted molar refractivity (Wildman–Crippen MR) is 137 cm³/mol. The molecule has 0 radical (unpaired) electrons. The van der Waals surface area contributed by atoms with Crippen LogP contribution in [0.15, 0.2) is 55.0 Å². The molecule has 0 spiro atoms. The first-order chi connectivity index (χ1) is 16.4. The molecule has 1 aromatic carbocycles. The van der Waals surface area contributed by atoms with Crippen molar-refractivity contribution in [3.63, 3.8) is 0 Å². The third-order valence-corrected chi connectivity index (χ3v) is 6.68. The number of ether oxygens (including phenoxy) is 1. The Morgan fingerprint density at radius 1 is 1.26 bits per heavy atom. The van der Waals surface area contributed by atoms with Gasteiger partial charge in [0.25, 0.3) is 0 Å². The fraction of sp³-hybridized carbons (Fsp3) is 0.393. The summed E-state index contributed by atoms with van der Waals surface area (Å²) in [5.74, 6) is 0.0598. The maximum Gasteiger partial charge on any atom is 0.338 e. The summed E-state index contributed by atoms with van der Waals surface area (Å²) in [5, 5.41) is 0.774. The number of fused-ring (bicyclic) bond motifs is 1. The van der Waals surface area contributed by atoms with E-state index in [9.17, 15) is 4.79 Å². The third-order valence-electron chi connectivity index (χ3n) is 6.68. The zero-order valence-electron chi connectivity index (χ0n) is 20.3. The molecule has 3 aromatic rings. The molecule has 0 bridgehead atoms. The van der Waals surface area contributed by atoms with Gasteiger partial charge in [0.15, 0.2) is 0 Å². The molecule has 0 unspecified atom stereocenters. The number of carbonyl (C=O) groups is 1. The lowest BCUT2D eigenvalue weighted by Gasteiger charge is -2.33. The number of aromatic amines is 1. The minimum atomic E-state index is -0.309. The Bertz CT molecular complexity index is 1210. The molecule has 0 saturated heterocycles. The third kappa shape index (κ3) is 5.45. The number of hydrogen-bond donors (Lipinski definition) is 2. The standard InChI is InChI=1S/C28H34N4O2/c1-4-5-6-7-19(2)25-26(32-18-31-25)21-8-9-24-23(16-21)22(12-15-30-24)27(33)34-17-20-10-13-28(3,29)14-11-20/h5-9,12,15-16,18,20H,4,10-11,13-14,17,29H2,1-3H3,(H,31,32)/b6-5-,19-7+. The van der Waals surface area contributed by atoms with Gasteiger partial charge in [-0.1, -0.05) is 31.2 Å². The van der Waals surface area contributed by atoms with Crippen molar-refractivity contribution in [2.24, 2.45) is 11.7 Å². The number of pyridine rings is 1. The molecule has 3 N–H and O–H groups in total. The van der Waals surface area contributed by atoms with Gasteiger partial charge in [-0.15, -0.1) is 0 Å². The number of imidazole rings is 1. The van der Waals surface area contributed by atoms with Crippen LogP contribution in [-0.4, -0.2) is 33.1 Å². The molecule has 34 heavy (non-hydrogen) atoms. The Morgan fingerprint density at radius 3 is 2.82 bits per heavy atom. The molecule has 4 rings (SSSR count). The predicted octanol–water partition coefficient (Wildman–Crippen LogP) is 6.06. The lowest BCUT2D eigenvalue weighted by molar-refractivity contribution is 0.0393. The van der Waals surface area contributed by atoms with Crippen LogP contribution in [0.25, 0.3) is 27.7 Å². The minimum Gasteiger partial charge on any atom is -0.462 e. The smallest absolute Gasteiger partial charge is 0.338 e. The highest BCUT2D eigenvalue weighted by atomic mass is 16.5. The molecule has 178 valence electrons. The molecule has 0 atom stereocenters. The number of nitrogens with two attached hydrogens (primary N) is 1. The van der Waals surface area contributed by atoms with E-state index in [-0.39, 0.29) is 11.5 Å². The number of carbonyl (C=O) groups excluding carboxylic acids is 1. The van der Waals surface area contributed by atoms with Crippen molar-refractivity contribution in [1.82, 2.24) is 15.0 Å². The first-order valence-electron chi connectivity index (χ1n) is 12.1. The summed E-state index contributed by atoms with van der Waals surface area (Å²) in [4.78, 5) is 25.3. The van der Waals surface area contributed by atoms with Crippen LogP contribution in [0.2, 0.25) is 0 Å². The van der Waals surface area contributed by atoms with Gasteiger partial charge in [-0.2, -0.15) is 0 Å². The van der Waals surface area contributed by atoms with E-state index in [0.29, 0.717) is 18.1 Å². The zero-order chi connectivity index (χ0) is 24.1. The van der Waals surface area contributed by atoms with Crippen LogP contribution in [0.5, 0.6) is 0 Å². The van der Waals surface area contributed by atoms with Gasteiger partial charge in [-0.25, -0.2) is 9.78 Å². The lowest BCUT2D eigenvalue weighted by Crippen LogP contribution is -2.40. The zero-order valence-corrected chi connectivity index (χ0v) is 20.3. The topological polar surface area (TPSA) is 93.9 Å². The summed E-state index contributed by atoms with van der Waals surface area (Å²) >= 11 is 0. The van der Waals surface area contributed by atoms with Crippen molar-refractivity contribution in [3.05, 3.63) is 66.3 Å². The van der Waals surface area contributed by atoms with Gasteiger partial charge >= 0.3 is 5.97 Å².